The van der Waals surface area contributed by atoms with Crippen molar-refractivity contribution in [2.45, 2.75) is 39.5 Å². The first kappa shape index (κ1) is 19.9. The second-order valence-electron chi connectivity index (χ2n) is 7.51. The fourth-order valence-corrected chi connectivity index (χ4v) is 3.58. The number of hydrogen-bond donors (Lipinski definition) is 1. The molecule has 0 aliphatic heterocycles. The van der Waals surface area contributed by atoms with Crippen LogP contribution in [0.5, 0.6) is 0 Å². The second-order valence-corrected chi connectivity index (χ2v) is 7.51. The number of anilines is 1. The highest BCUT2D eigenvalue weighted by Gasteiger charge is 2.25. The van der Waals surface area contributed by atoms with E-state index < -0.39 is 5.97 Å². The Balaban J connectivity index is 1.82. The Morgan fingerprint density at radius 3 is 2.40 bits per heavy atom. The van der Waals surface area contributed by atoms with Gasteiger partial charge in [0.15, 0.2) is 5.65 Å². The molecular weight excluding hydrogens is 376 g/mol. The highest BCUT2D eigenvalue weighted by atomic mass is 16.5. The van der Waals surface area contributed by atoms with E-state index in [1.165, 1.54) is 0 Å². The maximum Gasteiger partial charge on any atom is 0.344 e. The highest BCUT2D eigenvalue weighted by Crippen LogP contribution is 2.31. The minimum Gasteiger partial charge on any atom is -0.462 e. The van der Waals surface area contributed by atoms with Crippen molar-refractivity contribution in [3.05, 3.63) is 59.7 Å². The van der Waals surface area contributed by atoms with Gasteiger partial charge < -0.3 is 10.5 Å². The highest BCUT2D eigenvalue weighted by molar-refractivity contribution is 6.09. The molecule has 0 saturated carbocycles. The van der Waals surface area contributed by atoms with Crippen molar-refractivity contribution in [3.8, 4) is 5.69 Å². The van der Waals surface area contributed by atoms with Gasteiger partial charge in [-0.2, -0.15) is 0 Å². The molecule has 6 nitrogen and oxygen atoms in total. The normalized spacial score (nSPS) is 11.3. The van der Waals surface area contributed by atoms with Crippen LogP contribution in [0.4, 0.5) is 5.82 Å². The molecule has 0 saturated heterocycles. The maximum absolute atomic E-state index is 13.0. The first-order chi connectivity index (χ1) is 14.6. The van der Waals surface area contributed by atoms with E-state index >= 15 is 0 Å². The number of ether oxygens (including phenoxy) is 1. The minimum atomic E-state index is -0.454. The van der Waals surface area contributed by atoms with E-state index in [1.54, 1.807) is 4.57 Å². The molecule has 2 aromatic heterocycles. The third-order valence-electron chi connectivity index (χ3n) is 5.23. The van der Waals surface area contributed by atoms with E-state index in [4.69, 9.17) is 20.4 Å². The van der Waals surface area contributed by atoms with Crippen LogP contribution >= 0.6 is 0 Å². The predicted octanol–water partition coefficient (Wildman–Crippen LogP) is 5.20. The summed E-state index contributed by atoms with van der Waals surface area (Å²) in [5.41, 5.74) is 11.2. The summed E-state index contributed by atoms with van der Waals surface area (Å²) < 4.78 is 7.32. The van der Waals surface area contributed by atoms with Crippen LogP contribution in [-0.4, -0.2) is 27.1 Å². The summed E-state index contributed by atoms with van der Waals surface area (Å²) in [4.78, 5) is 22.5. The molecule has 0 unspecified atom stereocenters. The molecule has 0 bridgehead atoms. The zero-order valence-corrected chi connectivity index (χ0v) is 17.4. The number of carbonyl (C=O) groups is 1. The molecule has 154 valence electrons. The van der Waals surface area contributed by atoms with E-state index in [9.17, 15) is 4.79 Å². The lowest BCUT2D eigenvalue weighted by atomic mass is 10.2. The van der Waals surface area contributed by atoms with Crippen LogP contribution in [0.3, 0.4) is 0 Å². The summed E-state index contributed by atoms with van der Waals surface area (Å²) in [5.74, 6) is -0.160. The van der Waals surface area contributed by atoms with E-state index in [2.05, 4.69) is 6.92 Å². The Labute approximate surface area is 175 Å². The Morgan fingerprint density at radius 2 is 1.70 bits per heavy atom. The zero-order valence-electron chi connectivity index (χ0n) is 17.4. The number of esters is 1. The predicted molar refractivity (Wildman–Crippen MR) is 120 cm³/mol. The Hall–Kier alpha value is -3.41. The fourth-order valence-electron chi connectivity index (χ4n) is 3.58. The number of carbonyl (C=O) groups excluding carboxylic acids is 1. The number of unbranched alkanes of at least 4 members (excludes halogenated alkanes) is 3. The SMILES string of the molecule is CCCCCCOC(=O)c1c(N)n(-c2ccc(C)cc2)c2nc3ccccc3nc12. The van der Waals surface area contributed by atoms with E-state index in [-0.39, 0.29) is 5.56 Å². The van der Waals surface area contributed by atoms with Gasteiger partial charge in [0, 0.05) is 5.69 Å². The van der Waals surface area contributed by atoms with Crippen molar-refractivity contribution in [3.63, 3.8) is 0 Å². The van der Waals surface area contributed by atoms with Crippen LogP contribution in [0.25, 0.3) is 27.9 Å². The molecule has 2 N–H and O–H groups in total. The summed E-state index contributed by atoms with van der Waals surface area (Å²) in [5, 5.41) is 0. The monoisotopic (exact) mass is 402 g/mol. The van der Waals surface area contributed by atoms with Crippen molar-refractivity contribution in [1.29, 1.82) is 0 Å². The smallest absolute Gasteiger partial charge is 0.344 e. The second kappa shape index (κ2) is 8.53. The van der Waals surface area contributed by atoms with Crippen LogP contribution in [0.15, 0.2) is 48.5 Å². The van der Waals surface area contributed by atoms with Crippen molar-refractivity contribution in [2.24, 2.45) is 0 Å². The molecular formula is C24H26N4O2. The van der Waals surface area contributed by atoms with Gasteiger partial charge in [0.1, 0.15) is 16.9 Å². The molecule has 6 heteroatoms. The van der Waals surface area contributed by atoms with Gasteiger partial charge >= 0.3 is 5.97 Å². The van der Waals surface area contributed by atoms with Gasteiger partial charge in [0.25, 0.3) is 0 Å². The third kappa shape index (κ3) is 3.73. The lowest BCUT2D eigenvalue weighted by Gasteiger charge is -2.08. The van der Waals surface area contributed by atoms with Crippen molar-refractivity contribution in [1.82, 2.24) is 14.5 Å². The van der Waals surface area contributed by atoms with Gasteiger partial charge in [-0.3, -0.25) is 4.57 Å². The summed E-state index contributed by atoms with van der Waals surface area (Å²) in [6.45, 7) is 4.54. The number of nitrogens with two attached hydrogens (primary N) is 1. The Kier molecular flexibility index (Phi) is 5.65. The molecule has 0 spiro atoms. The minimum absolute atomic E-state index is 0.277. The number of rotatable bonds is 7. The van der Waals surface area contributed by atoms with Crippen LogP contribution in [0.2, 0.25) is 0 Å². The summed E-state index contributed by atoms with van der Waals surface area (Å²) >= 11 is 0. The topological polar surface area (TPSA) is 83.0 Å². The summed E-state index contributed by atoms with van der Waals surface area (Å²) in [6, 6.07) is 15.5. The molecule has 30 heavy (non-hydrogen) atoms. The van der Waals surface area contributed by atoms with Gasteiger partial charge in [0.2, 0.25) is 0 Å². The van der Waals surface area contributed by atoms with Crippen molar-refractivity contribution >= 4 is 34.0 Å². The zero-order chi connectivity index (χ0) is 21.1. The Bertz CT molecular complexity index is 1200. The van der Waals surface area contributed by atoms with Gasteiger partial charge in [-0.25, -0.2) is 14.8 Å². The van der Waals surface area contributed by atoms with Gasteiger partial charge in [-0.05, 0) is 37.6 Å². The standard InChI is InChI=1S/C24H26N4O2/c1-3-4-5-8-15-30-24(29)20-21-23(27-19-10-7-6-9-18(19)26-21)28(22(20)25)17-13-11-16(2)12-14-17/h6-7,9-14H,3-5,8,15,25H2,1-2H3. The number of nitrogen functional groups attached to an aromatic ring is 1. The molecule has 0 aliphatic carbocycles. The fraction of sp³-hybridized carbons (Fsp3) is 0.292. The molecule has 0 radical (unpaired) electrons. The summed E-state index contributed by atoms with van der Waals surface area (Å²) in [7, 11) is 0. The molecule has 0 amide bonds. The Morgan fingerprint density at radius 1 is 1.00 bits per heavy atom. The summed E-state index contributed by atoms with van der Waals surface area (Å²) in [6.07, 6.45) is 4.14. The molecule has 0 fully saturated rings. The largest absolute Gasteiger partial charge is 0.462 e. The van der Waals surface area contributed by atoms with Crippen LogP contribution in [0.1, 0.15) is 48.5 Å². The number of hydrogen-bond acceptors (Lipinski definition) is 5. The van der Waals surface area contributed by atoms with Crippen LogP contribution in [0, 0.1) is 6.92 Å². The van der Waals surface area contributed by atoms with Gasteiger partial charge in [0.05, 0.1) is 17.6 Å². The number of nitrogens with zero attached hydrogens (tertiary/aromatic N) is 3. The lowest BCUT2D eigenvalue weighted by molar-refractivity contribution is 0.0501. The average molecular weight is 402 g/mol. The molecule has 2 heterocycles. The quantitative estimate of drug-likeness (QED) is 0.339. The van der Waals surface area contributed by atoms with Crippen LogP contribution < -0.4 is 5.73 Å². The molecule has 2 aromatic carbocycles. The molecule has 4 aromatic rings. The van der Waals surface area contributed by atoms with E-state index in [0.717, 1.165) is 42.5 Å². The van der Waals surface area contributed by atoms with Crippen molar-refractivity contribution in [2.75, 3.05) is 12.3 Å². The first-order valence-corrected chi connectivity index (χ1v) is 10.4. The molecule has 4 rings (SSSR count). The van der Waals surface area contributed by atoms with E-state index in [1.807, 2.05) is 55.5 Å². The number of aryl methyl sites for hydroxylation is 1. The first-order valence-electron chi connectivity index (χ1n) is 10.4. The maximum atomic E-state index is 13.0. The lowest BCUT2D eigenvalue weighted by Crippen LogP contribution is -2.10. The third-order valence-corrected chi connectivity index (χ3v) is 5.23. The van der Waals surface area contributed by atoms with Crippen LogP contribution in [-0.2, 0) is 4.74 Å². The average Bonchev–Trinajstić information content (AvgIpc) is 3.03. The molecule has 0 aliphatic rings. The number of aromatic nitrogens is 3. The molecule has 0 atom stereocenters. The number of para-hydroxylation sites is 2. The van der Waals surface area contributed by atoms with E-state index in [0.29, 0.717) is 29.1 Å². The van der Waals surface area contributed by atoms with Gasteiger partial charge in [-0.1, -0.05) is 56.0 Å². The van der Waals surface area contributed by atoms with Gasteiger partial charge in [-0.15, -0.1) is 0 Å². The van der Waals surface area contributed by atoms with Crippen molar-refractivity contribution < 1.29 is 9.53 Å². The number of fused-ring (bicyclic) bond motifs is 2. The number of benzene rings is 2.